The van der Waals surface area contributed by atoms with Crippen LogP contribution >= 0.6 is 11.6 Å². The molecular formula is C17H18ClN7. The maximum Gasteiger partial charge on any atom is 0.147 e. The highest BCUT2D eigenvalue weighted by Crippen LogP contribution is 2.25. The molecule has 4 rings (SSSR count). The van der Waals surface area contributed by atoms with E-state index in [1.165, 1.54) is 0 Å². The first kappa shape index (κ1) is 15.8. The number of piperazine rings is 1. The van der Waals surface area contributed by atoms with Crippen LogP contribution in [0.4, 0.5) is 11.6 Å². The number of pyridine rings is 1. The van der Waals surface area contributed by atoms with Gasteiger partial charge in [0.05, 0.1) is 29.3 Å². The number of halogens is 1. The van der Waals surface area contributed by atoms with Crippen LogP contribution in [0.3, 0.4) is 0 Å². The summed E-state index contributed by atoms with van der Waals surface area (Å²) < 4.78 is 1.76. The first-order chi connectivity index (χ1) is 12.2. The van der Waals surface area contributed by atoms with E-state index in [9.17, 15) is 0 Å². The Balaban J connectivity index is 1.49. The van der Waals surface area contributed by atoms with E-state index in [0.717, 1.165) is 49.1 Å². The highest BCUT2D eigenvalue weighted by atomic mass is 35.5. The number of nitrogens with zero attached hydrogens (tertiary/aromatic N) is 7. The van der Waals surface area contributed by atoms with Crippen LogP contribution in [0.15, 0.2) is 43.1 Å². The molecule has 1 aliphatic heterocycles. The lowest BCUT2D eigenvalue weighted by atomic mass is 10.2. The summed E-state index contributed by atoms with van der Waals surface area (Å²) in [6.45, 7) is 3.38. The Morgan fingerprint density at radius 3 is 2.56 bits per heavy atom. The van der Waals surface area contributed by atoms with Crippen molar-refractivity contribution in [1.29, 1.82) is 0 Å². The SMILES string of the molecule is Cn1cc(-c2cncc(N3CCN(c4ncccc4Cl)CC3)n2)cn1. The maximum atomic E-state index is 6.25. The van der Waals surface area contributed by atoms with Crippen LogP contribution in [0.1, 0.15) is 0 Å². The minimum atomic E-state index is 0.689. The van der Waals surface area contributed by atoms with Crippen LogP contribution in [-0.4, -0.2) is 50.9 Å². The Morgan fingerprint density at radius 2 is 1.84 bits per heavy atom. The normalized spacial score (nSPS) is 14.8. The first-order valence-corrected chi connectivity index (χ1v) is 8.50. The molecule has 0 aliphatic carbocycles. The summed E-state index contributed by atoms with van der Waals surface area (Å²) in [5.74, 6) is 1.73. The van der Waals surface area contributed by atoms with E-state index in [-0.39, 0.29) is 0 Å². The van der Waals surface area contributed by atoms with Crippen LogP contribution < -0.4 is 9.80 Å². The van der Waals surface area contributed by atoms with Crippen molar-refractivity contribution in [1.82, 2.24) is 24.7 Å². The Hall–Kier alpha value is -2.67. The molecule has 0 aromatic carbocycles. The molecule has 1 saturated heterocycles. The van der Waals surface area contributed by atoms with E-state index >= 15 is 0 Å². The molecule has 0 amide bonds. The van der Waals surface area contributed by atoms with E-state index in [4.69, 9.17) is 16.6 Å². The summed E-state index contributed by atoms with van der Waals surface area (Å²) in [4.78, 5) is 17.9. The third-order valence-electron chi connectivity index (χ3n) is 4.26. The Bertz CT molecular complexity index is 871. The fraction of sp³-hybridized carbons (Fsp3) is 0.294. The predicted octanol–water partition coefficient (Wildman–Crippen LogP) is 2.25. The average molecular weight is 356 g/mol. The lowest BCUT2D eigenvalue weighted by Crippen LogP contribution is -2.47. The van der Waals surface area contributed by atoms with Gasteiger partial charge in [0.25, 0.3) is 0 Å². The zero-order valence-electron chi connectivity index (χ0n) is 13.9. The minimum Gasteiger partial charge on any atom is -0.352 e. The molecule has 0 bridgehead atoms. The van der Waals surface area contributed by atoms with Crippen LogP contribution in [-0.2, 0) is 7.05 Å². The molecular weight excluding hydrogens is 338 g/mol. The van der Waals surface area contributed by atoms with Gasteiger partial charge in [-0.1, -0.05) is 11.6 Å². The predicted molar refractivity (Wildman–Crippen MR) is 97.9 cm³/mol. The van der Waals surface area contributed by atoms with Crippen molar-refractivity contribution in [3.05, 3.63) is 48.1 Å². The largest absolute Gasteiger partial charge is 0.352 e. The highest BCUT2D eigenvalue weighted by molar-refractivity contribution is 6.32. The molecule has 25 heavy (non-hydrogen) atoms. The topological polar surface area (TPSA) is 63.0 Å². The second-order valence-corrected chi connectivity index (χ2v) is 6.36. The molecule has 7 nitrogen and oxygen atoms in total. The molecule has 0 spiro atoms. The van der Waals surface area contributed by atoms with Gasteiger partial charge in [0.2, 0.25) is 0 Å². The second kappa shape index (κ2) is 6.68. The van der Waals surface area contributed by atoms with Gasteiger partial charge in [0, 0.05) is 51.2 Å². The van der Waals surface area contributed by atoms with Gasteiger partial charge >= 0.3 is 0 Å². The molecule has 1 aliphatic rings. The Morgan fingerprint density at radius 1 is 1.04 bits per heavy atom. The molecule has 4 heterocycles. The zero-order valence-corrected chi connectivity index (χ0v) is 14.6. The third-order valence-corrected chi connectivity index (χ3v) is 4.56. The van der Waals surface area contributed by atoms with Crippen LogP contribution in [0, 0.1) is 0 Å². The van der Waals surface area contributed by atoms with Crippen molar-refractivity contribution in [3.63, 3.8) is 0 Å². The third kappa shape index (κ3) is 3.28. The molecule has 0 radical (unpaired) electrons. The monoisotopic (exact) mass is 355 g/mol. The summed E-state index contributed by atoms with van der Waals surface area (Å²) in [5.41, 5.74) is 1.80. The van der Waals surface area contributed by atoms with E-state index in [2.05, 4.69) is 24.9 Å². The van der Waals surface area contributed by atoms with Gasteiger partial charge in [-0.3, -0.25) is 9.67 Å². The van der Waals surface area contributed by atoms with Crippen molar-refractivity contribution < 1.29 is 0 Å². The standard InChI is InChI=1S/C17H18ClN7/c1-23-12-13(9-21-23)15-10-19-11-16(22-15)24-5-7-25(8-6-24)17-14(18)3-2-4-20-17/h2-4,9-12H,5-8H2,1H3. The van der Waals surface area contributed by atoms with Gasteiger partial charge in [0.1, 0.15) is 11.6 Å². The zero-order chi connectivity index (χ0) is 17.2. The quantitative estimate of drug-likeness (QED) is 0.718. The van der Waals surface area contributed by atoms with E-state index in [0.29, 0.717) is 5.02 Å². The van der Waals surface area contributed by atoms with E-state index < -0.39 is 0 Å². The number of rotatable bonds is 3. The number of hydrogen-bond acceptors (Lipinski definition) is 6. The highest BCUT2D eigenvalue weighted by Gasteiger charge is 2.21. The molecule has 0 saturated carbocycles. The van der Waals surface area contributed by atoms with Crippen molar-refractivity contribution >= 4 is 23.2 Å². The first-order valence-electron chi connectivity index (χ1n) is 8.12. The van der Waals surface area contributed by atoms with Crippen LogP contribution in [0.2, 0.25) is 5.02 Å². The smallest absolute Gasteiger partial charge is 0.147 e. The summed E-state index contributed by atoms with van der Waals surface area (Å²) >= 11 is 6.25. The summed E-state index contributed by atoms with van der Waals surface area (Å²) in [7, 11) is 1.89. The van der Waals surface area contributed by atoms with E-state index in [1.807, 2.05) is 31.6 Å². The summed E-state index contributed by atoms with van der Waals surface area (Å²) in [6.07, 6.45) is 9.09. The maximum absolute atomic E-state index is 6.25. The number of hydrogen-bond donors (Lipinski definition) is 0. The second-order valence-electron chi connectivity index (χ2n) is 5.95. The lowest BCUT2D eigenvalue weighted by Gasteiger charge is -2.36. The summed E-state index contributed by atoms with van der Waals surface area (Å²) in [6, 6.07) is 3.72. The number of anilines is 2. The molecule has 3 aromatic rings. The van der Waals surface area contributed by atoms with Crippen molar-refractivity contribution in [2.24, 2.45) is 7.05 Å². The molecule has 0 N–H and O–H groups in total. The van der Waals surface area contributed by atoms with Gasteiger partial charge in [-0.25, -0.2) is 9.97 Å². The van der Waals surface area contributed by atoms with E-state index in [1.54, 1.807) is 23.3 Å². The minimum absolute atomic E-state index is 0.689. The number of aryl methyl sites for hydroxylation is 1. The Kier molecular flexibility index (Phi) is 4.23. The summed E-state index contributed by atoms with van der Waals surface area (Å²) in [5, 5.41) is 4.89. The van der Waals surface area contributed by atoms with Gasteiger partial charge in [-0.05, 0) is 12.1 Å². The van der Waals surface area contributed by atoms with Gasteiger partial charge in [-0.2, -0.15) is 5.10 Å². The molecule has 128 valence electrons. The van der Waals surface area contributed by atoms with Gasteiger partial charge < -0.3 is 9.80 Å². The van der Waals surface area contributed by atoms with Crippen molar-refractivity contribution in [3.8, 4) is 11.3 Å². The molecule has 0 atom stereocenters. The molecule has 0 unspecified atom stereocenters. The van der Waals surface area contributed by atoms with Crippen molar-refractivity contribution in [2.45, 2.75) is 0 Å². The fourth-order valence-corrected chi connectivity index (χ4v) is 3.20. The van der Waals surface area contributed by atoms with Crippen LogP contribution in [0.5, 0.6) is 0 Å². The lowest BCUT2D eigenvalue weighted by molar-refractivity contribution is 0.641. The Labute approximate surface area is 150 Å². The molecule has 1 fully saturated rings. The fourth-order valence-electron chi connectivity index (χ4n) is 2.96. The van der Waals surface area contributed by atoms with Crippen LogP contribution in [0.25, 0.3) is 11.3 Å². The number of aromatic nitrogens is 5. The van der Waals surface area contributed by atoms with Gasteiger partial charge in [0.15, 0.2) is 0 Å². The average Bonchev–Trinajstić information content (AvgIpc) is 3.09. The molecule has 8 heteroatoms. The van der Waals surface area contributed by atoms with Crippen molar-refractivity contribution in [2.75, 3.05) is 36.0 Å². The van der Waals surface area contributed by atoms with Gasteiger partial charge in [-0.15, -0.1) is 0 Å². The molecule has 3 aromatic heterocycles.